The van der Waals surface area contributed by atoms with Crippen molar-refractivity contribution in [3.8, 4) is 11.1 Å². The summed E-state index contributed by atoms with van der Waals surface area (Å²) in [7, 11) is -1.92. The highest BCUT2D eigenvalue weighted by atomic mass is 32.2. The molecular formula is C23H22N4O2S. The van der Waals surface area contributed by atoms with E-state index >= 15 is 0 Å². The van der Waals surface area contributed by atoms with Gasteiger partial charge in [-0.2, -0.15) is 5.10 Å². The lowest BCUT2D eigenvalue weighted by molar-refractivity contribution is 0.589. The molecule has 0 N–H and O–H groups in total. The Bertz CT molecular complexity index is 1360. The molecule has 0 bridgehead atoms. The summed E-state index contributed by atoms with van der Waals surface area (Å²) in [6, 6.07) is 10.5. The fourth-order valence-electron chi connectivity index (χ4n) is 4.06. The minimum absolute atomic E-state index is 0.238. The van der Waals surface area contributed by atoms with E-state index in [4.69, 9.17) is 0 Å². The number of hydrogen-bond acceptors (Lipinski definition) is 4. The first-order chi connectivity index (χ1) is 14.5. The van der Waals surface area contributed by atoms with Crippen LogP contribution >= 0.6 is 0 Å². The van der Waals surface area contributed by atoms with Crippen molar-refractivity contribution < 1.29 is 8.42 Å². The summed E-state index contributed by atoms with van der Waals surface area (Å²) in [6.07, 6.45) is 13.7. The molecular weight excluding hydrogens is 396 g/mol. The SMILES string of the molecule is Cn1cc(-c2cn(S(=O)(=O)c3ccccc3)c3ncc(CC4=CCCC4)cc23)cn1. The average molecular weight is 419 g/mol. The van der Waals surface area contributed by atoms with E-state index in [0.29, 0.717) is 5.65 Å². The Hall–Kier alpha value is -3.19. The number of aryl methyl sites for hydroxylation is 1. The highest BCUT2D eigenvalue weighted by molar-refractivity contribution is 7.90. The molecule has 0 radical (unpaired) electrons. The molecule has 3 aromatic heterocycles. The third kappa shape index (κ3) is 3.25. The van der Waals surface area contributed by atoms with E-state index < -0.39 is 10.0 Å². The Morgan fingerprint density at radius 3 is 2.63 bits per heavy atom. The smallest absolute Gasteiger partial charge is 0.269 e. The number of rotatable bonds is 5. The van der Waals surface area contributed by atoms with Crippen LogP contribution in [0.15, 0.2) is 77.7 Å². The lowest BCUT2D eigenvalue weighted by Gasteiger charge is -2.07. The van der Waals surface area contributed by atoms with Crippen LogP contribution in [-0.4, -0.2) is 27.2 Å². The monoisotopic (exact) mass is 418 g/mol. The Morgan fingerprint density at radius 2 is 1.93 bits per heavy atom. The predicted octanol–water partition coefficient (Wildman–Crippen LogP) is 4.33. The molecule has 1 aromatic carbocycles. The molecule has 1 aliphatic carbocycles. The average Bonchev–Trinajstić information content (AvgIpc) is 3.48. The Balaban J connectivity index is 1.70. The molecule has 7 heteroatoms. The third-order valence-electron chi connectivity index (χ3n) is 5.55. The number of pyridine rings is 1. The second kappa shape index (κ2) is 7.25. The summed E-state index contributed by atoms with van der Waals surface area (Å²) in [5.74, 6) is 0. The van der Waals surface area contributed by atoms with E-state index in [9.17, 15) is 8.42 Å². The Labute approximate surface area is 175 Å². The van der Waals surface area contributed by atoms with Crippen molar-refractivity contribution >= 4 is 21.1 Å². The summed E-state index contributed by atoms with van der Waals surface area (Å²) in [4.78, 5) is 4.83. The van der Waals surface area contributed by atoms with Gasteiger partial charge in [-0.3, -0.25) is 4.68 Å². The maximum absolute atomic E-state index is 13.4. The van der Waals surface area contributed by atoms with Gasteiger partial charge < -0.3 is 0 Å². The van der Waals surface area contributed by atoms with Crippen LogP contribution in [0.1, 0.15) is 24.8 Å². The second-order valence-electron chi connectivity index (χ2n) is 7.71. The van der Waals surface area contributed by atoms with Crippen molar-refractivity contribution in [2.24, 2.45) is 7.05 Å². The van der Waals surface area contributed by atoms with Crippen molar-refractivity contribution in [3.63, 3.8) is 0 Å². The zero-order valence-electron chi connectivity index (χ0n) is 16.7. The van der Waals surface area contributed by atoms with Crippen molar-refractivity contribution in [1.29, 1.82) is 0 Å². The van der Waals surface area contributed by atoms with E-state index in [1.54, 1.807) is 53.6 Å². The standard InChI is InChI=1S/C23H22N4O2S/c1-26-15-19(14-25-26)22-16-27(30(28,29)20-9-3-2-4-10-20)23-21(22)12-18(13-24-23)11-17-7-5-6-8-17/h2-4,7,9-10,12-16H,5-6,8,11H2,1H3. The summed E-state index contributed by atoms with van der Waals surface area (Å²) in [5, 5.41) is 5.08. The number of benzene rings is 1. The van der Waals surface area contributed by atoms with E-state index in [1.165, 1.54) is 16.0 Å². The molecule has 0 fully saturated rings. The zero-order chi connectivity index (χ0) is 20.7. The van der Waals surface area contributed by atoms with Gasteiger partial charge in [0.05, 0.1) is 11.1 Å². The minimum atomic E-state index is -3.77. The molecule has 30 heavy (non-hydrogen) atoms. The van der Waals surface area contributed by atoms with E-state index in [2.05, 4.69) is 22.2 Å². The molecule has 5 rings (SSSR count). The van der Waals surface area contributed by atoms with Crippen LogP contribution in [0, 0.1) is 0 Å². The van der Waals surface area contributed by atoms with Gasteiger partial charge in [0.2, 0.25) is 0 Å². The summed E-state index contributed by atoms with van der Waals surface area (Å²) < 4.78 is 29.7. The maximum Gasteiger partial charge on any atom is 0.269 e. The molecule has 0 unspecified atom stereocenters. The molecule has 0 saturated heterocycles. The van der Waals surface area contributed by atoms with Gasteiger partial charge in [-0.15, -0.1) is 0 Å². The van der Waals surface area contributed by atoms with Crippen molar-refractivity contribution in [3.05, 3.63) is 78.4 Å². The fourth-order valence-corrected chi connectivity index (χ4v) is 5.40. The number of allylic oxidation sites excluding steroid dienone is 2. The van der Waals surface area contributed by atoms with Gasteiger partial charge in [-0.25, -0.2) is 17.4 Å². The number of nitrogens with zero attached hydrogens (tertiary/aromatic N) is 4. The van der Waals surface area contributed by atoms with E-state index in [1.807, 2.05) is 13.2 Å². The number of fused-ring (bicyclic) bond motifs is 1. The topological polar surface area (TPSA) is 69.8 Å². The molecule has 3 heterocycles. The third-order valence-corrected chi connectivity index (χ3v) is 7.21. The van der Waals surface area contributed by atoms with Gasteiger partial charge in [0.15, 0.2) is 5.65 Å². The van der Waals surface area contributed by atoms with Crippen LogP contribution in [0.4, 0.5) is 0 Å². The lowest BCUT2D eigenvalue weighted by atomic mass is 10.0. The molecule has 1 aliphatic rings. The molecule has 0 atom stereocenters. The fraction of sp³-hybridized carbons (Fsp3) is 0.217. The summed E-state index contributed by atoms with van der Waals surface area (Å²) in [6.45, 7) is 0. The maximum atomic E-state index is 13.4. The van der Waals surface area contributed by atoms with Gasteiger partial charge in [0.25, 0.3) is 10.0 Å². The lowest BCUT2D eigenvalue weighted by Crippen LogP contribution is -2.12. The van der Waals surface area contributed by atoms with Gasteiger partial charge in [-0.1, -0.05) is 29.8 Å². The number of aromatic nitrogens is 4. The van der Waals surface area contributed by atoms with Crippen molar-refractivity contribution in [2.75, 3.05) is 0 Å². The molecule has 0 spiro atoms. The molecule has 0 saturated carbocycles. The molecule has 4 aromatic rings. The number of hydrogen-bond donors (Lipinski definition) is 0. The van der Waals surface area contributed by atoms with Crippen LogP contribution in [0.2, 0.25) is 0 Å². The van der Waals surface area contributed by atoms with Crippen LogP contribution < -0.4 is 0 Å². The van der Waals surface area contributed by atoms with Crippen molar-refractivity contribution in [1.82, 2.24) is 18.7 Å². The molecule has 6 nitrogen and oxygen atoms in total. The van der Waals surface area contributed by atoms with Gasteiger partial charge in [0, 0.05) is 42.2 Å². The van der Waals surface area contributed by atoms with Gasteiger partial charge in [-0.05, 0) is 49.4 Å². The summed E-state index contributed by atoms with van der Waals surface area (Å²) in [5.41, 5.74) is 4.63. The highest BCUT2D eigenvalue weighted by Crippen LogP contribution is 2.33. The van der Waals surface area contributed by atoms with Crippen molar-refractivity contribution in [2.45, 2.75) is 30.6 Å². The molecule has 0 aliphatic heterocycles. The predicted molar refractivity (Wildman–Crippen MR) is 117 cm³/mol. The van der Waals surface area contributed by atoms with Crippen LogP contribution in [0.25, 0.3) is 22.2 Å². The summed E-state index contributed by atoms with van der Waals surface area (Å²) >= 11 is 0. The first-order valence-electron chi connectivity index (χ1n) is 10.00. The second-order valence-corrected chi connectivity index (χ2v) is 9.52. The van der Waals surface area contributed by atoms with Gasteiger partial charge >= 0.3 is 0 Å². The highest BCUT2D eigenvalue weighted by Gasteiger charge is 2.23. The quantitative estimate of drug-likeness (QED) is 0.453. The zero-order valence-corrected chi connectivity index (χ0v) is 17.5. The molecule has 0 amide bonds. The first-order valence-corrected chi connectivity index (χ1v) is 11.4. The largest absolute Gasteiger partial charge is 0.275 e. The van der Waals surface area contributed by atoms with E-state index in [-0.39, 0.29) is 4.90 Å². The normalized spacial score (nSPS) is 14.4. The minimum Gasteiger partial charge on any atom is -0.275 e. The Morgan fingerprint density at radius 1 is 1.10 bits per heavy atom. The van der Waals surface area contributed by atoms with Crippen LogP contribution in [0.5, 0.6) is 0 Å². The van der Waals surface area contributed by atoms with E-state index in [0.717, 1.165) is 41.3 Å². The van der Waals surface area contributed by atoms with Crippen LogP contribution in [0.3, 0.4) is 0 Å². The Kier molecular flexibility index (Phi) is 4.55. The first kappa shape index (κ1) is 18.8. The molecule has 152 valence electrons. The van der Waals surface area contributed by atoms with Gasteiger partial charge in [0.1, 0.15) is 0 Å². The van der Waals surface area contributed by atoms with Crippen LogP contribution in [-0.2, 0) is 23.5 Å².